The number of aromatic amines is 1. The number of aromatic nitrogens is 2. The molecule has 196 valence electrons. The topological polar surface area (TPSA) is 82.7 Å². The molecule has 0 amide bonds. The number of H-pyrrole nitrogens is 1. The summed E-state index contributed by atoms with van der Waals surface area (Å²) in [7, 11) is -4.18. The van der Waals surface area contributed by atoms with E-state index in [0.717, 1.165) is 17.3 Å². The molecule has 0 saturated heterocycles. The van der Waals surface area contributed by atoms with Gasteiger partial charge in [-0.15, -0.1) is 0 Å². The number of ether oxygens (including phenoxy) is 4. The Balaban J connectivity index is 2.30. The van der Waals surface area contributed by atoms with Gasteiger partial charge in [0.15, 0.2) is 19.3 Å². The standard InChI is InChI=1S/C25H44N2O5Si3/c1-33(2,3)16-14-29-18-31-24-20(28)10-12-26-22(24)23-25(21(11-13-27-23)35(7,8)9)32-19-30-15-17-34(4,5)6/h10-13H,14-19H2,1-9H3,(H,26,28). The van der Waals surface area contributed by atoms with Crippen molar-refractivity contribution in [3.05, 3.63) is 34.7 Å². The normalized spacial score (nSPS) is 12.6. The van der Waals surface area contributed by atoms with Crippen LogP contribution in [0.5, 0.6) is 11.5 Å². The summed E-state index contributed by atoms with van der Waals surface area (Å²) >= 11 is 0. The van der Waals surface area contributed by atoms with Crippen LogP contribution in [-0.2, 0) is 9.47 Å². The molecule has 0 aliphatic carbocycles. The van der Waals surface area contributed by atoms with Crippen LogP contribution in [-0.4, -0.2) is 61.0 Å². The van der Waals surface area contributed by atoms with E-state index in [4.69, 9.17) is 18.9 Å². The Morgan fingerprint density at radius 1 is 0.800 bits per heavy atom. The van der Waals surface area contributed by atoms with E-state index >= 15 is 0 Å². The van der Waals surface area contributed by atoms with Gasteiger partial charge in [0.1, 0.15) is 17.1 Å². The molecular formula is C25H44N2O5Si3. The summed E-state index contributed by atoms with van der Waals surface area (Å²) in [6, 6.07) is 5.56. The Morgan fingerprint density at radius 2 is 1.34 bits per heavy atom. The van der Waals surface area contributed by atoms with Crippen molar-refractivity contribution in [2.24, 2.45) is 0 Å². The molecule has 2 rings (SSSR count). The predicted octanol–water partition coefficient (Wildman–Crippen LogP) is 5.36. The van der Waals surface area contributed by atoms with Crippen LogP contribution in [0.2, 0.25) is 71.0 Å². The molecule has 0 aromatic carbocycles. The third kappa shape index (κ3) is 10.0. The smallest absolute Gasteiger partial charge is 0.224 e. The highest BCUT2D eigenvalue weighted by Gasteiger charge is 2.27. The fourth-order valence-corrected chi connectivity index (χ4v) is 6.18. The van der Waals surface area contributed by atoms with E-state index in [9.17, 15) is 4.79 Å². The Labute approximate surface area is 213 Å². The van der Waals surface area contributed by atoms with Crippen molar-refractivity contribution in [2.45, 2.75) is 71.0 Å². The molecule has 2 aromatic rings. The summed E-state index contributed by atoms with van der Waals surface area (Å²) in [6.07, 6.45) is 3.37. The Kier molecular flexibility index (Phi) is 10.5. The largest absolute Gasteiger partial charge is 0.465 e. The second-order valence-electron chi connectivity index (χ2n) is 12.3. The highest BCUT2D eigenvalue weighted by molar-refractivity contribution is 6.89. The zero-order chi connectivity index (χ0) is 26.3. The van der Waals surface area contributed by atoms with Crippen LogP contribution in [0.15, 0.2) is 29.3 Å². The van der Waals surface area contributed by atoms with Crippen LogP contribution < -0.4 is 20.1 Å². The summed E-state index contributed by atoms with van der Waals surface area (Å²) in [4.78, 5) is 20.5. The van der Waals surface area contributed by atoms with Crippen LogP contribution in [0.4, 0.5) is 0 Å². The van der Waals surface area contributed by atoms with Crippen LogP contribution in [0, 0.1) is 0 Å². The van der Waals surface area contributed by atoms with Crippen LogP contribution in [0.1, 0.15) is 0 Å². The van der Waals surface area contributed by atoms with Gasteiger partial charge in [-0.3, -0.25) is 9.78 Å². The lowest BCUT2D eigenvalue weighted by Crippen LogP contribution is -2.39. The number of nitrogens with one attached hydrogen (secondary N) is 1. The van der Waals surface area contributed by atoms with Crippen molar-refractivity contribution in [3.8, 4) is 22.9 Å². The fraction of sp³-hybridized carbons (Fsp3) is 0.600. The molecule has 35 heavy (non-hydrogen) atoms. The van der Waals surface area contributed by atoms with Crippen LogP contribution in [0.3, 0.4) is 0 Å². The molecule has 7 nitrogen and oxygen atoms in total. The van der Waals surface area contributed by atoms with Crippen molar-refractivity contribution in [2.75, 3.05) is 26.8 Å². The van der Waals surface area contributed by atoms with Gasteiger partial charge in [-0.2, -0.15) is 0 Å². The molecule has 0 unspecified atom stereocenters. The fourth-order valence-electron chi connectivity index (χ4n) is 3.22. The first-order valence-corrected chi connectivity index (χ1v) is 23.2. The van der Waals surface area contributed by atoms with E-state index in [1.165, 1.54) is 6.07 Å². The zero-order valence-corrected chi connectivity index (χ0v) is 26.0. The molecule has 1 N–H and O–H groups in total. The lowest BCUT2D eigenvalue weighted by molar-refractivity contribution is 0.0206. The quantitative estimate of drug-likeness (QED) is 0.199. The maximum Gasteiger partial charge on any atom is 0.224 e. The van der Waals surface area contributed by atoms with E-state index < -0.39 is 24.2 Å². The maximum absolute atomic E-state index is 12.7. The number of rotatable bonds is 14. The average molecular weight is 537 g/mol. The molecule has 0 saturated carbocycles. The summed E-state index contributed by atoms with van der Waals surface area (Å²) in [5, 5.41) is 1.11. The van der Waals surface area contributed by atoms with Crippen LogP contribution >= 0.6 is 0 Å². The van der Waals surface area contributed by atoms with E-state index in [0.29, 0.717) is 30.4 Å². The number of pyridine rings is 2. The Bertz CT molecular complexity index is 1010. The van der Waals surface area contributed by atoms with E-state index in [1.807, 2.05) is 6.07 Å². The van der Waals surface area contributed by atoms with Gasteiger partial charge in [0.05, 0.1) is 8.07 Å². The van der Waals surface area contributed by atoms with Gasteiger partial charge >= 0.3 is 0 Å². The van der Waals surface area contributed by atoms with Crippen molar-refractivity contribution in [1.29, 1.82) is 0 Å². The minimum absolute atomic E-state index is 0.00821. The van der Waals surface area contributed by atoms with Crippen molar-refractivity contribution in [3.63, 3.8) is 0 Å². The van der Waals surface area contributed by atoms with Gasteiger partial charge in [-0.1, -0.05) is 58.9 Å². The molecule has 10 heteroatoms. The maximum atomic E-state index is 12.7. The third-order valence-corrected chi connectivity index (χ3v) is 10.8. The monoisotopic (exact) mass is 536 g/mol. The Morgan fingerprint density at radius 3 is 1.86 bits per heavy atom. The average Bonchev–Trinajstić information content (AvgIpc) is 2.72. The minimum atomic E-state index is -1.79. The summed E-state index contributed by atoms with van der Waals surface area (Å²) in [5.41, 5.74) is 0.808. The predicted molar refractivity (Wildman–Crippen MR) is 152 cm³/mol. The molecule has 0 fully saturated rings. The van der Waals surface area contributed by atoms with Gasteiger partial charge in [0.25, 0.3) is 0 Å². The van der Waals surface area contributed by atoms with Gasteiger partial charge in [0, 0.05) is 47.8 Å². The summed E-state index contributed by atoms with van der Waals surface area (Å²) in [5.74, 6) is 0.830. The molecule has 0 spiro atoms. The second kappa shape index (κ2) is 12.5. The minimum Gasteiger partial charge on any atom is -0.465 e. The van der Waals surface area contributed by atoms with Gasteiger partial charge in [0.2, 0.25) is 5.43 Å². The van der Waals surface area contributed by atoms with E-state index in [-0.39, 0.29) is 24.8 Å². The van der Waals surface area contributed by atoms with Crippen molar-refractivity contribution in [1.82, 2.24) is 9.97 Å². The lowest BCUT2D eigenvalue weighted by atomic mass is 10.2. The number of hydrogen-bond donors (Lipinski definition) is 1. The van der Waals surface area contributed by atoms with Crippen LogP contribution in [0.25, 0.3) is 11.4 Å². The lowest BCUT2D eigenvalue weighted by Gasteiger charge is -2.23. The Hall–Kier alpha value is -1.73. The SMILES string of the molecule is C[Si](C)(C)CCOCOc1c([Si](C)(C)C)ccnc1-c1[nH]ccc(=O)c1OCOCC[Si](C)(C)C. The second-order valence-corrected chi connectivity index (χ2v) is 28.6. The number of nitrogens with zero attached hydrogens (tertiary/aromatic N) is 1. The molecule has 2 aromatic heterocycles. The zero-order valence-electron chi connectivity index (χ0n) is 23.0. The summed E-state index contributed by atoms with van der Waals surface area (Å²) < 4.78 is 23.5. The first-order chi connectivity index (χ1) is 16.2. The molecule has 0 aliphatic heterocycles. The first kappa shape index (κ1) is 29.5. The third-order valence-electron chi connectivity index (χ3n) is 5.43. The molecular weight excluding hydrogens is 493 g/mol. The molecule has 2 heterocycles. The van der Waals surface area contributed by atoms with Gasteiger partial charge < -0.3 is 23.9 Å². The molecule has 0 aliphatic rings. The molecule has 0 atom stereocenters. The molecule has 0 bridgehead atoms. The van der Waals surface area contributed by atoms with Gasteiger partial charge in [-0.05, 0) is 23.3 Å². The number of hydrogen-bond acceptors (Lipinski definition) is 6. The van der Waals surface area contributed by atoms with E-state index in [1.54, 1.807) is 12.4 Å². The summed E-state index contributed by atoms with van der Waals surface area (Å²) in [6.45, 7) is 22.0. The van der Waals surface area contributed by atoms with Gasteiger partial charge in [-0.25, -0.2) is 0 Å². The van der Waals surface area contributed by atoms with Crippen molar-refractivity contribution >= 4 is 29.4 Å². The molecule has 0 radical (unpaired) electrons. The first-order valence-electron chi connectivity index (χ1n) is 12.3. The van der Waals surface area contributed by atoms with Crippen molar-refractivity contribution < 1.29 is 18.9 Å². The highest BCUT2D eigenvalue weighted by atomic mass is 28.3. The van der Waals surface area contributed by atoms with E-state index in [2.05, 4.69) is 68.9 Å². The highest BCUT2D eigenvalue weighted by Crippen LogP contribution is 2.31.